The lowest BCUT2D eigenvalue weighted by Crippen LogP contribution is -2.42. The van der Waals surface area contributed by atoms with E-state index in [-0.39, 0.29) is 11.9 Å². The second-order valence-electron chi connectivity index (χ2n) is 6.64. The molecule has 136 valence electrons. The van der Waals surface area contributed by atoms with E-state index in [2.05, 4.69) is 5.32 Å². The second kappa shape index (κ2) is 7.87. The van der Waals surface area contributed by atoms with Gasteiger partial charge in [0.15, 0.2) is 0 Å². The molecule has 2 rings (SSSR count). The number of urea groups is 1. The summed E-state index contributed by atoms with van der Waals surface area (Å²) in [6.07, 6.45) is 4.19. The maximum absolute atomic E-state index is 12.2. The van der Waals surface area contributed by atoms with Gasteiger partial charge in [0.1, 0.15) is 0 Å². The molecule has 24 heavy (non-hydrogen) atoms. The Morgan fingerprint density at radius 1 is 1.29 bits per heavy atom. The largest absolute Gasteiger partial charge is 0.338 e. The summed E-state index contributed by atoms with van der Waals surface area (Å²) < 4.78 is 22.6. The Labute approximate surface area is 148 Å². The minimum Gasteiger partial charge on any atom is -0.338 e. The number of rotatable bonds is 5. The van der Waals surface area contributed by atoms with Crippen molar-refractivity contribution in [2.24, 2.45) is 5.92 Å². The summed E-state index contributed by atoms with van der Waals surface area (Å²) in [5, 5.41) is 2.37. The molecule has 0 aromatic carbocycles. The average molecular weight is 377 g/mol. The molecule has 3 amide bonds. The van der Waals surface area contributed by atoms with Gasteiger partial charge in [-0.05, 0) is 56.9 Å². The van der Waals surface area contributed by atoms with Gasteiger partial charge in [0.2, 0.25) is 9.05 Å². The average Bonchev–Trinajstić information content (AvgIpc) is 2.81. The fraction of sp³-hybridized carbons (Fsp3) is 0.750. The highest BCUT2D eigenvalue weighted by molar-refractivity contribution is 8.14. The third-order valence-electron chi connectivity index (χ3n) is 5.03. The normalized spacial score (nSPS) is 25.3. The molecule has 8 heteroatoms. The molecule has 0 aromatic heterocycles. The molecule has 0 spiro atoms. The third kappa shape index (κ3) is 4.51. The number of hydrogen-bond donors (Lipinski definition) is 1. The first-order valence-electron chi connectivity index (χ1n) is 8.45. The number of nitrogens with zero attached hydrogens (tertiary/aromatic N) is 1. The van der Waals surface area contributed by atoms with E-state index in [1.165, 1.54) is 4.90 Å². The van der Waals surface area contributed by atoms with Gasteiger partial charge in [0, 0.05) is 22.8 Å². The van der Waals surface area contributed by atoms with Crippen molar-refractivity contribution >= 4 is 31.7 Å². The molecular formula is C16H25ClN2O4S. The second-order valence-corrected chi connectivity index (χ2v) is 9.55. The van der Waals surface area contributed by atoms with E-state index in [4.69, 9.17) is 10.7 Å². The van der Waals surface area contributed by atoms with Gasteiger partial charge in [-0.3, -0.25) is 9.69 Å². The Balaban J connectivity index is 1.72. The zero-order chi connectivity index (χ0) is 17.9. The highest BCUT2D eigenvalue weighted by atomic mass is 35.7. The van der Waals surface area contributed by atoms with Crippen molar-refractivity contribution < 1.29 is 18.0 Å². The maximum atomic E-state index is 12.2. The predicted molar refractivity (Wildman–Crippen MR) is 93.2 cm³/mol. The van der Waals surface area contributed by atoms with Crippen LogP contribution in [0, 0.1) is 5.92 Å². The number of halogens is 1. The molecule has 0 saturated heterocycles. The van der Waals surface area contributed by atoms with E-state index in [0.29, 0.717) is 38.3 Å². The molecule has 1 fully saturated rings. The lowest BCUT2D eigenvalue weighted by molar-refractivity contribution is -0.123. The topological polar surface area (TPSA) is 83.6 Å². The van der Waals surface area contributed by atoms with Gasteiger partial charge in [-0.2, -0.15) is 0 Å². The SMILES string of the molecule is CCC1=C(C)CN(C(=O)NCCC2CCC(S(=O)(=O)Cl)CC2)C1=O. The van der Waals surface area contributed by atoms with Crippen LogP contribution in [-0.4, -0.2) is 43.6 Å². The number of carbonyl (C=O) groups is 2. The fourth-order valence-corrected chi connectivity index (χ4v) is 4.92. The molecule has 0 atom stereocenters. The first-order valence-corrected chi connectivity index (χ1v) is 10.8. The lowest BCUT2D eigenvalue weighted by Gasteiger charge is -2.26. The van der Waals surface area contributed by atoms with Crippen LogP contribution in [0.25, 0.3) is 0 Å². The Morgan fingerprint density at radius 2 is 1.92 bits per heavy atom. The monoisotopic (exact) mass is 376 g/mol. The van der Waals surface area contributed by atoms with Crippen LogP contribution in [0.5, 0.6) is 0 Å². The maximum Gasteiger partial charge on any atom is 0.324 e. The van der Waals surface area contributed by atoms with E-state index in [1.54, 1.807) is 0 Å². The first kappa shape index (κ1) is 19.2. The molecule has 1 saturated carbocycles. The third-order valence-corrected chi connectivity index (χ3v) is 7.06. The summed E-state index contributed by atoms with van der Waals surface area (Å²) in [5.74, 6) is 0.195. The number of hydrogen-bond acceptors (Lipinski definition) is 4. The summed E-state index contributed by atoms with van der Waals surface area (Å²) in [7, 11) is 1.94. The van der Waals surface area contributed by atoms with Crippen LogP contribution < -0.4 is 5.32 Å². The number of imide groups is 1. The quantitative estimate of drug-likeness (QED) is 0.748. The summed E-state index contributed by atoms with van der Waals surface area (Å²) >= 11 is 0. The number of nitrogens with one attached hydrogen (secondary N) is 1. The molecule has 1 aliphatic heterocycles. The van der Waals surface area contributed by atoms with Gasteiger partial charge in [0.05, 0.1) is 11.8 Å². The van der Waals surface area contributed by atoms with Gasteiger partial charge < -0.3 is 5.32 Å². The molecule has 6 nitrogen and oxygen atoms in total. The van der Waals surface area contributed by atoms with Crippen LogP contribution in [0.1, 0.15) is 52.4 Å². The summed E-state index contributed by atoms with van der Waals surface area (Å²) in [6.45, 7) is 4.65. The summed E-state index contributed by atoms with van der Waals surface area (Å²) in [4.78, 5) is 25.5. The van der Waals surface area contributed by atoms with Gasteiger partial charge in [-0.1, -0.05) is 6.92 Å². The summed E-state index contributed by atoms with van der Waals surface area (Å²) in [5.41, 5.74) is 1.68. The van der Waals surface area contributed by atoms with Crippen molar-refractivity contribution in [1.82, 2.24) is 10.2 Å². The van der Waals surface area contributed by atoms with Crippen LogP contribution in [0.2, 0.25) is 0 Å². The standard InChI is InChI=1S/C16H25ClN2O4S/c1-3-14-11(2)10-19(15(14)20)16(21)18-9-8-12-4-6-13(7-5-12)24(17,22)23/h12-13H,3-10H2,1-2H3,(H,18,21). The number of carbonyl (C=O) groups excluding carboxylic acids is 2. The van der Waals surface area contributed by atoms with E-state index in [9.17, 15) is 18.0 Å². The minimum atomic E-state index is -3.46. The Bertz CT molecular complexity index is 636. The van der Waals surface area contributed by atoms with E-state index < -0.39 is 14.3 Å². The summed E-state index contributed by atoms with van der Waals surface area (Å²) in [6, 6.07) is -0.347. The van der Waals surface area contributed by atoms with E-state index in [0.717, 1.165) is 30.4 Å². The van der Waals surface area contributed by atoms with Crippen LogP contribution in [0.15, 0.2) is 11.1 Å². The van der Waals surface area contributed by atoms with Crippen LogP contribution in [0.4, 0.5) is 4.79 Å². The molecular weight excluding hydrogens is 352 g/mol. The predicted octanol–water partition coefficient (Wildman–Crippen LogP) is 2.78. The Hall–Kier alpha value is -1.08. The molecule has 0 aromatic rings. The van der Waals surface area contributed by atoms with Gasteiger partial charge in [0.25, 0.3) is 5.91 Å². The first-order chi connectivity index (χ1) is 11.2. The number of amides is 3. The zero-order valence-electron chi connectivity index (χ0n) is 14.2. The zero-order valence-corrected chi connectivity index (χ0v) is 15.8. The smallest absolute Gasteiger partial charge is 0.324 e. The van der Waals surface area contributed by atoms with Gasteiger partial charge in [-0.15, -0.1) is 0 Å². The van der Waals surface area contributed by atoms with E-state index in [1.807, 2.05) is 13.8 Å². The molecule has 0 unspecified atom stereocenters. The molecule has 1 aliphatic carbocycles. The molecule has 0 bridgehead atoms. The van der Waals surface area contributed by atoms with Crippen molar-refractivity contribution in [3.8, 4) is 0 Å². The van der Waals surface area contributed by atoms with Crippen molar-refractivity contribution in [3.63, 3.8) is 0 Å². The van der Waals surface area contributed by atoms with Crippen LogP contribution >= 0.6 is 10.7 Å². The molecule has 1 heterocycles. The van der Waals surface area contributed by atoms with Crippen LogP contribution in [0.3, 0.4) is 0 Å². The van der Waals surface area contributed by atoms with Gasteiger partial charge >= 0.3 is 6.03 Å². The fourth-order valence-electron chi connectivity index (χ4n) is 3.55. The highest BCUT2D eigenvalue weighted by Crippen LogP contribution is 2.31. The van der Waals surface area contributed by atoms with Crippen molar-refractivity contribution in [3.05, 3.63) is 11.1 Å². The molecule has 0 radical (unpaired) electrons. The van der Waals surface area contributed by atoms with Crippen molar-refractivity contribution in [2.75, 3.05) is 13.1 Å². The Kier molecular flexibility index (Phi) is 6.31. The highest BCUT2D eigenvalue weighted by Gasteiger charge is 2.32. The van der Waals surface area contributed by atoms with E-state index >= 15 is 0 Å². The van der Waals surface area contributed by atoms with Crippen molar-refractivity contribution in [2.45, 2.75) is 57.6 Å². The molecule has 1 N–H and O–H groups in total. The minimum absolute atomic E-state index is 0.194. The van der Waals surface area contributed by atoms with Crippen molar-refractivity contribution in [1.29, 1.82) is 0 Å². The lowest BCUT2D eigenvalue weighted by atomic mass is 9.87. The molecule has 2 aliphatic rings. The van der Waals surface area contributed by atoms with Crippen LogP contribution in [-0.2, 0) is 13.8 Å². The van der Waals surface area contributed by atoms with Gasteiger partial charge in [-0.25, -0.2) is 13.2 Å². The Morgan fingerprint density at radius 3 is 2.42 bits per heavy atom.